The van der Waals surface area contributed by atoms with Gasteiger partial charge in [-0.2, -0.15) is 0 Å². The fourth-order valence-electron chi connectivity index (χ4n) is 4.15. The Kier molecular flexibility index (Phi) is 4.21. The molecule has 110 valence electrons. The zero-order chi connectivity index (χ0) is 14.1. The third kappa shape index (κ3) is 2.29. The lowest BCUT2D eigenvalue weighted by Gasteiger charge is -2.46. The van der Waals surface area contributed by atoms with Crippen LogP contribution in [0.25, 0.3) is 0 Å². The molecule has 0 aromatic carbocycles. The van der Waals surface area contributed by atoms with Crippen molar-refractivity contribution in [2.45, 2.75) is 51.6 Å². The molecule has 0 aromatic heterocycles. The summed E-state index contributed by atoms with van der Waals surface area (Å²) < 4.78 is 10.4. The number of ether oxygens (including phenoxy) is 2. The number of carbonyl (C=O) groups excluding carboxylic acids is 1. The number of carbonyl (C=O) groups is 1. The molecule has 0 radical (unpaired) electrons. The molecule has 0 amide bonds. The fourth-order valence-corrected chi connectivity index (χ4v) is 4.15. The molecular formula is C15H26O4. The maximum Gasteiger partial charge on any atom is 0.338 e. The van der Waals surface area contributed by atoms with Crippen LogP contribution < -0.4 is 0 Å². The highest BCUT2D eigenvalue weighted by Gasteiger charge is 2.58. The lowest BCUT2D eigenvalue weighted by atomic mass is 9.62. The standard InChI is InChI=1S/C15H26O4/c1-11(2)15(17,13(16)18-3)12-5-4-6-14(12)7-9-19-10-8-14/h11-12,17H,4-10H2,1-3H3. The molecule has 4 nitrogen and oxygen atoms in total. The first-order valence-electron chi connectivity index (χ1n) is 7.36. The average Bonchev–Trinajstić information content (AvgIpc) is 2.81. The van der Waals surface area contributed by atoms with Crippen molar-refractivity contribution in [3.05, 3.63) is 0 Å². The van der Waals surface area contributed by atoms with E-state index in [0.29, 0.717) is 0 Å². The van der Waals surface area contributed by atoms with Crippen molar-refractivity contribution in [2.24, 2.45) is 17.3 Å². The van der Waals surface area contributed by atoms with Crippen LogP contribution >= 0.6 is 0 Å². The van der Waals surface area contributed by atoms with E-state index >= 15 is 0 Å². The Morgan fingerprint density at radius 1 is 1.37 bits per heavy atom. The lowest BCUT2D eigenvalue weighted by molar-refractivity contribution is -0.186. The van der Waals surface area contributed by atoms with E-state index in [1.807, 2.05) is 13.8 Å². The number of methoxy groups -OCH3 is 1. The van der Waals surface area contributed by atoms with Gasteiger partial charge in [-0.1, -0.05) is 20.3 Å². The molecule has 0 aromatic rings. The van der Waals surface area contributed by atoms with E-state index in [2.05, 4.69) is 0 Å². The van der Waals surface area contributed by atoms with Crippen LogP contribution in [0.5, 0.6) is 0 Å². The summed E-state index contributed by atoms with van der Waals surface area (Å²) in [5.74, 6) is -0.612. The quantitative estimate of drug-likeness (QED) is 0.798. The maximum atomic E-state index is 12.2. The van der Waals surface area contributed by atoms with Gasteiger partial charge in [0.1, 0.15) is 0 Å². The van der Waals surface area contributed by atoms with Gasteiger partial charge < -0.3 is 14.6 Å². The number of esters is 1. The van der Waals surface area contributed by atoms with Crippen molar-refractivity contribution in [1.29, 1.82) is 0 Å². The topological polar surface area (TPSA) is 55.8 Å². The smallest absolute Gasteiger partial charge is 0.338 e. The van der Waals surface area contributed by atoms with Gasteiger partial charge in [0.2, 0.25) is 0 Å². The summed E-state index contributed by atoms with van der Waals surface area (Å²) in [6.45, 7) is 5.29. The van der Waals surface area contributed by atoms with Gasteiger partial charge in [-0.05, 0) is 37.0 Å². The van der Waals surface area contributed by atoms with Gasteiger partial charge in [-0.15, -0.1) is 0 Å². The summed E-state index contributed by atoms with van der Waals surface area (Å²) in [6, 6.07) is 0. The molecule has 2 aliphatic rings. The van der Waals surface area contributed by atoms with Gasteiger partial charge in [0, 0.05) is 19.1 Å². The van der Waals surface area contributed by atoms with E-state index in [0.717, 1.165) is 45.3 Å². The van der Waals surface area contributed by atoms with Crippen LogP contribution in [-0.4, -0.2) is 37.0 Å². The largest absolute Gasteiger partial charge is 0.467 e. The van der Waals surface area contributed by atoms with Gasteiger partial charge in [0.05, 0.1) is 7.11 Å². The third-order valence-corrected chi connectivity index (χ3v) is 5.32. The zero-order valence-corrected chi connectivity index (χ0v) is 12.3. The molecular weight excluding hydrogens is 244 g/mol. The second-order valence-electron chi connectivity index (χ2n) is 6.39. The van der Waals surface area contributed by atoms with E-state index < -0.39 is 11.6 Å². The van der Waals surface area contributed by atoms with Crippen molar-refractivity contribution in [2.75, 3.05) is 20.3 Å². The van der Waals surface area contributed by atoms with Gasteiger partial charge in [-0.25, -0.2) is 4.79 Å². The molecule has 0 bridgehead atoms. The average molecular weight is 270 g/mol. The van der Waals surface area contributed by atoms with Crippen molar-refractivity contribution in [3.8, 4) is 0 Å². The van der Waals surface area contributed by atoms with Crippen LogP contribution in [0.2, 0.25) is 0 Å². The predicted octanol–water partition coefficient (Wildman–Crippen LogP) is 2.14. The maximum absolute atomic E-state index is 12.2. The Morgan fingerprint density at radius 3 is 2.53 bits per heavy atom. The van der Waals surface area contributed by atoms with Crippen LogP contribution in [0.1, 0.15) is 46.0 Å². The minimum absolute atomic E-state index is 0.00338. The highest BCUT2D eigenvalue weighted by Crippen LogP contribution is 2.55. The molecule has 1 saturated heterocycles. The first kappa shape index (κ1) is 14.8. The van der Waals surface area contributed by atoms with Crippen molar-refractivity contribution in [1.82, 2.24) is 0 Å². The summed E-state index contributed by atoms with van der Waals surface area (Å²) in [4.78, 5) is 12.2. The summed E-state index contributed by atoms with van der Waals surface area (Å²) in [5, 5.41) is 11.1. The third-order valence-electron chi connectivity index (χ3n) is 5.32. The minimum atomic E-state index is -1.36. The monoisotopic (exact) mass is 270 g/mol. The van der Waals surface area contributed by atoms with Crippen LogP contribution in [0.3, 0.4) is 0 Å². The van der Waals surface area contributed by atoms with E-state index in [1.165, 1.54) is 7.11 Å². The molecule has 2 rings (SSSR count). The molecule has 19 heavy (non-hydrogen) atoms. The minimum Gasteiger partial charge on any atom is -0.467 e. The molecule has 2 atom stereocenters. The van der Waals surface area contributed by atoms with Gasteiger partial charge in [0.15, 0.2) is 5.60 Å². The van der Waals surface area contributed by atoms with E-state index in [-0.39, 0.29) is 17.3 Å². The van der Waals surface area contributed by atoms with Crippen LogP contribution in [-0.2, 0) is 14.3 Å². The lowest BCUT2D eigenvalue weighted by Crippen LogP contribution is -2.56. The van der Waals surface area contributed by atoms with Crippen molar-refractivity contribution >= 4 is 5.97 Å². The SMILES string of the molecule is COC(=O)C(O)(C(C)C)C1CCCC12CCOCC2. The fraction of sp³-hybridized carbons (Fsp3) is 0.933. The summed E-state index contributed by atoms with van der Waals surface area (Å²) >= 11 is 0. The molecule has 1 heterocycles. The summed E-state index contributed by atoms with van der Waals surface area (Å²) in [7, 11) is 1.36. The number of aliphatic hydroxyl groups is 1. The number of hydrogen-bond donors (Lipinski definition) is 1. The molecule has 1 spiro atoms. The second kappa shape index (κ2) is 5.41. The molecule has 1 N–H and O–H groups in total. The molecule has 1 saturated carbocycles. The highest BCUT2D eigenvalue weighted by atomic mass is 16.5. The molecule has 2 unspecified atom stereocenters. The Balaban J connectivity index is 2.32. The molecule has 2 fully saturated rings. The number of rotatable bonds is 3. The predicted molar refractivity (Wildman–Crippen MR) is 71.6 cm³/mol. The molecule has 1 aliphatic heterocycles. The van der Waals surface area contributed by atoms with Gasteiger partial charge >= 0.3 is 5.97 Å². The van der Waals surface area contributed by atoms with Crippen molar-refractivity contribution < 1.29 is 19.4 Å². The highest BCUT2D eigenvalue weighted by molar-refractivity contribution is 5.80. The second-order valence-corrected chi connectivity index (χ2v) is 6.39. The van der Waals surface area contributed by atoms with E-state index in [1.54, 1.807) is 0 Å². The summed E-state index contributed by atoms with van der Waals surface area (Å²) in [6.07, 6.45) is 4.97. The first-order chi connectivity index (χ1) is 8.97. The first-order valence-corrected chi connectivity index (χ1v) is 7.36. The Hall–Kier alpha value is -0.610. The van der Waals surface area contributed by atoms with Crippen LogP contribution in [0, 0.1) is 17.3 Å². The van der Waals surface area contributed by atoms with Crippen LogP contribution in [0.15, 0.2) is 0 Å². The number of hydrogen-bond acceptors (Lipinski definition) is 4. The van der Waals surface area contributed by atoms with E-state index in [4.69, 9.17) is 9.47 Å². The van der Waals surface area contributed by atoms with Gasteiger partial charge in [-0.3, -0.25) is 0 Å². The zero-order valence-electron chi connectivity index (χ0n) is 12.3. The van der Waals surface area contributed by atoms with Crippen LogP contribution in [0.4, 0.5) is 0 Å². The van der Waals surface area contributed by atoms with Crippen molar-refractivity contribution in [3.63, 3.8) is 0 Å². The Bertz CT molecular complexity index is 333. The summed E-state index contributed by atoms with van der Waals surface area (Å²) in [5.41, 5.74) is -1.30. The normalized spacial score (nSPS) is 29.4. The molecule has 4 heteroatoms. The van der Waals surface area contributed by atoms with E-state index in [9.17, 15) is 9.90 Å². The Morgan fingerprint density at radius 2 is 2.00 bits per heavy atom. The molecule has 1 aliphatic carbocycles. The Labute approximate surface area is 115 Å². The van der Waals surface area contributed by atoms with Gasteiger partial charge in [0.25, 0.3) is 0 Å².